The van der Waals surface area contributed by atoms with Crippen LogP contribution in [0.25, 0.3) is 10.8 Å². The number of esters is 1. The molecule has 2 aromatic carbocycles. The third-order valence-electron chi connectivity index (χ3n) is 6.67. The summed E-state index contributed by atoms with van der Waals surface area (Å²) >= 11 is 0. The van der Waals surface area contributed by atoms with E-state index in [2.05, 4.69) is 62.5 Å². The summed E-state index contributed by atoms with van der Waals surface area (Å²) in [6.45, 7) is 12.3. The van der Waals surface area contributed by atoms with Gasteiger partial charge in [0, 0.05) is 12.6 Å². The van der Waals surface area contributed by atoms with Crippen molar-refractivity contribution < 1.29 is 14.3 Å². The average Bonchev–Trinajstić information content (AvgIpc) is 2.76. The maximum Gasteiger partial charge on any atom is 0.307 e. The Balaban J connectivity index is 1.51. The zero-order valence-electron chi connectivity index (χ0n) is 20.6. The van der Waals surface area contributed by atoms with E-state index in [1.165, 1.54) is 29.2 Å². The molecule has 0 aromatic heterocycles. The predicted octanol–water partition coefficient (Wildman–Crippen LogP) is 6.64. The van der Waals surface area contributed by atoms with E-state index in [0.717, 1.165) is 37.5 Å². The number of hydrogen-bond acceptors (Lipinski definition) is 4. The molecule has 4 nitrogen and oxygen atoms in total. The SMILES string of the molecule is CCCOC(=O)CC(C)NCc1ccc2cc(OC3CCC(C(C)(C)C)CC3)ccc2c1. The first-order valence-corrected chi connectivity index (χ1v) is 12.3. The van der Waals surface area contributed by atoms with Gasteiger partial charge in [-0.2, -0.15) is 0 Å². The molecule has 3 rings (SSSR count). The summed E-state index contributed by atoms with van der Waals surface area (Å²) in [5.74, 6) is 1.64. The van der Waals surface area contributed by atoms with Crippen LogP contribution in [-0.2, 0) is 16.1 Å². The monoisotopic (exact) mass is 439 g/mol. The van der Waals surface area contributed by atoms with E-state index in [-0.39, 0.29) is 12.0 Å². The number of carbonyl (C=O) groups is 1. The standard InChI is InChI=1S/C28H41NO3/c1-6-15-31-27(30)16-20(2)29-19-21-7-8-23-18-26(12-9-22(23)17-21)32-25-13-10-24(11-14-25)28(3,4)5/h7-9,12,17-18,20,24-25,29H,6,10-11,13-16,19H2,1-5H3. The van der Waals surface area contributed by atoms with Crippen molar-refractivity contribution in [2.75, 3.05) is 6.61 Å². The summed E-state index contributed by atoms with van der Waals surface area (Å²) in [6.07, 6.45) is 6.39. The fraction of sp³-hybridized carbons (Fsp3) is 0.607. The Morgan fingerprint density at radius 2 is 1.75 bits per heavy atom. The minimum atomic E-state index is -0.134. The van der Waals surface area contributed by atoms with Crippen LogP contribution in [0.5, 0.6) is 5.75 Å². The van der Waals surface area contributed by atoms with Gasteiger partial charge in [0.25, 0.3) is 0 Å². The van der Waals surface area contributed by atoms with Gasteiger partial charge in [-0.25, -0.2) is 0 Å². The number of nitrogens with one attached hydrogen (secondary N) is 1. The van der Waals surface area contributed by atoms with E-state index >= 15 is 0 Å². The third-order valence-corrected chi connectivity index (χ3v) is 6.67. The number of ether oxygens (including phenoxy) is 2. The smallest absolute Gasteiger partial charge is 0.307 e. The van der Waals surface area contributed by atoms with Crippen LogP contribution in [0.4, 0.5) is 0 Å². The normalized spacial score (nSPS) is 20.2. The highest BCUT2D eigenvalue weighted by molar-refractivity contribution is 5.84. The van der Waals surface area contributed by atoms with Crippen molar-refractivity contribution in [3.8, 4) is 5.75 Å². The maximum absolute atomic E-state index is 11.8. The van der Waals surface area contributed by atoms with E-state index in [0.29, 0.717) is 24.5 Å². The molecule has 32 heavy (non-hydrogen) atoms. The lowest BCUT2D eigenvalue weighted by Crippen LogP contribution is -2.30. The van der Waals surface area contributed by atoms with Gasteiger partial charge in [0.1, 0.15) is 5.75 Å². The zero-order valence-corrected chi connectivity index (χ0v) is 20.6. The Hall–Kier alpha value is -2.07. The molecule has 0 heterocycles. The molecule has 1 N–H and O–H groups in total. The first kappa shape index (κ1) is 24.6. The van der Waals surface area contributed by atoms with Gasteiger partial charge in [-0.3, -0.25) is 4.79 Å². The molecule has 0 bridgehead atoms. The minimum absolute atomic E-state index is 0.0826. The van der Waals surface area contributed by atoms with Gasteiger partial charge >= 0.3 is 5.97 Å². The predicted molar refractivity (Wildman–Crippen MR) is 132 cm³/mol. The first-order chi connectivity index (χ1) is 15.2. The van der Waals surface area contributed by atoms with Crippen LogP contribution < -0.4 is 10.1 Å². The molecule has 1 unspecified atom stereocenters. The van der Waals surface area contributed by atoms with Crippen molar-refractivity contribution in [3.63, 3.8) is 0 Å². The second-order valence-electron chi connectivity index (χ2n) is 10.5. The fourth-order valence-electron chi connectivity index (χ4n) is 4.58. The van der Waals surface area contributed by atoms with Crippen molar-refractivity contribution >= 4 is 16.7 Å². The molecule has 1 aliphatic rings. The largest absolute Gasteiger partial charge is 0.490 e. The molecule has 176 valence electrons. The number of rotatable bonds is 9. The van der Waals surface area contributed by atoms with Gasteiger partial charge < -0.3 is 14.8 Å². The molecule has 0 aliphatic heterocycles. The third kappa shape index (κ3) is 7.23. The van der Waals surface area contributed by atoms with E-state index in [1.54, 1.807) is 0 Å². The van der Waals surface area contributed by atoms with Gasteiger partial charge in [-0.05, 0) is 84.9 Å². The highest BCUT2D eigenvalue weighted by Crippen LogP contribution is 2.39. The molecule has 4 heteroatoms. The summed E-state index contributed by atoms with van der Waals surface area (Å²) in [4.78, 5) is 11.8. The van der Waals surface area contributed by atoms with Gasteiger partial charge in [-0.1, -0.05) is 45.9 Å². The first-order valence-electron chi connectivity index (χ1n) is 12.3. The Bertz CT molecular complexity index is 878. The van der Waals surface area contributed by atoms with Crippen molar-refractivity contribution in [3.05, 3.63) is 42.0 Å². The van der Waals surface area contributed by atoms with E-state index in [1.807, 2.05) is 13.8 Å². The lowest BCUT2D eigenvalue weighted by molar-refractivity contribution is -0.144. The van der Waals surface area contributed by atoms with Crippen LogP contribution >= 0.6 is 0 Å². The van der Waals surface area contributed by atoms with Crippen molar-refractivity contribution in [2.24, 2.45) is 11.3 Å². The quantitative estimate of drug-likeness (QED) is 0.445. The summed E-state index contributed by atoms with van der Waals surface area (Å²) in [5, 5.41) is 5.84. The van der Waals surface area contributed by atoms with E-state index in [4.69, 9.17) is 9.47 Å². The van der Waals surface area contributed by atoms with E-state index < -0.39 is 0 Å². The van der Waals surface area contributed by atoms with Crippen LogP contribution in [0.3, 0.4) is 0 Å². The Kier molecular flexibility index (Phi) is 8.58. The molecule has 0 saturated heterocycles. The summed E-state index contributed by atoms with van der Waals surface area (Å²) < 4.78 is 11.5. The van der Waals surface area contributed by atoms with Crippen LogP contribution in [0.1, 0.15) is 78.7 Å². The van der Waals surface area contributed by atoms with E-state index in [9.17, 15) is 4.79 Å². The lowest BCUT2D eigenvalue weighted by Gasteiger charge is -2.37. The number of benzene rings is 2. The molecule has 0 amide bonds. The molecule has 1 fully saturated rings. The Morgan fingerprint density at radius 1 is 1.06 bits per heavy atom. The molecular weight excluding hydrogens is 398 g/mol. The second-order valence-corrected chi connectivity index (χ2v) is 10.5. The summed E-state index contributed by atoms with van der Waals surface area (Å²) in [5.41, 5.74) is 1.61. The Morgan fingerprint density at radius 3 is 2.44 bits per heavy atom. The van der Waals surface area contributed by atoms with Crippen LogP contribution in [0.2, 0.25) is 0 Å². The number of fused-ring (bicyclic) bond motifs is 1. The Labute approximate surface area is 194 Å². The molecule has 1 aliphatic carbocycles. The van der Waals surface area contributed by atoms with Crippen molar-refractivity contribution in [2.45, 2.75) is 91.8 Å². The van der Waals surface area contributed by atoms with Crippen LogP contribution in [0.15, 0.2) is 36.4 Å². The highest BCUT2D eigenvalue weighted by atomic mass is 16.5. The molecule has 2 aromatic rings. The molecule has 1 saturated carbocycles. The van der Waals surface area contributed by atoms with Gasteiger partial charge in [0.05, 0.1) is 19.1 Å². The topological polar surface area (TPSA) is 47.6 Å². The van der Waals surface area contributed by atoms with Crippen LogP contribution in [-0.4, -0.2) is 24.7 Å². The summed E-state index contributed by atoms with van der Waals surface area (Å²) in [7, 11) is 0. The zero-order chi connectivity index (χ0) is 23.1. The van der Waals surface area contributed by atoms with Crippen molar-refractivity contribution in [1.29, 1.82) is 0 Å². The number of carbonyl (C=O) groups excluding carboxylic acids is 1. The second kappa shape index (κ2) is 11.2. The van der Waals surface area contributed by atoms with Gasteiger partial charge in [0.15, 0.2) is 0 Å². The van der Waals surface area contributed by atoms with Crippen molar-refractivity contribution in [1.82, 2.24) is 5.32 Å². The average molecular weight is 440 g/mol. The lowest BCUT2D eigenvalue weighted by atomic mass is 9.72. The molecular formula is C28H41NO3. The maximum atomic E-state index is 11.8. The fourth-order valence-corrected chi connectivity index (χ4v) is 4.58. The summed E-state index contributed by atoms with van der Waals surface area (Å²) in [6, 6.07) is 13.0. The van der Waals surface area contributed by atoms with Gasteiger partial charge in [-0.15, -0.1) is 0 Å². The molecule has 0 radical (unpaired) electrons. The molecule has 0 spiro atoms. The minimum Gasteiger partial charge on any atom is -0.490 e. The van der Waals surface area contributed by atoms with Gasteiger partial charge in [0.2, 0.25) is 0 Å². The highest BCUT2D eigenvalue weighted by Gasteiger charge is 2.30. The van der Waals surface area contributed by atoms with Crippen LogP contribution in [0, 0.1) is 11.3 Å². The number of hydrogen-bond donors (Lipinski definition) is 1. The molecule has 1 atom stereocenters.